The van der Waals surface area contributed by atoms with Crippen LogP contribution in [0.2, 0.25) is 0 Å². The van der Waals surface area contributed by atoms with Gasteiger partial charge in [-0.3, -0.25) is 4.79 Å². The Morgan fingerprint density at radius 3 is 2.60 bits per heavy atom. The van der Waals surface area contributed by atoms with Gasteiger partial charge in [-0.1, -0.05) is 36.4 Å². The first-order valence-electron chi connectivity index (χ1n) is 8.05. The summed E-state index contributed by atoms with van der Waals surface area (Å²) >= 11 is 1.32. The minimum absolute atomic E-state index is 0.0841. The average Bonchev–Trinajstić information content (AvgIpc) is 3.01. The van der Waals surface area contributed by atoms with E-state index in [2.05, 4.69) is 0 Å². The molecule has 0 radical (unpaired) electrons. The molecule has 0 N–H and O–H groups in total. The summed E-state index contributed by atoms with van der Waals surface area (Å²) in [5.74, 6) is -0.442. The largest absolute Gasteiger partial charge is 0.380 e. The van der Waals surface area contributed by atoms with E-state index in [9.17, 15) is 9.18 Å². The number of rotatable bonds is 5. The summed E-state index contributed by atoms with van der Waals surface area (Å²) in [6, 6.07) is 14.7. The lowest BCUT2D eigenvalue weighted by molar-refractivity contribution is 0.0743. The maximum absolute atomic E-state index is 14.3. The molecule has 2 aromatic carbocycles. The van der Waals surface area contributed by atoms with Gasteiger partial charge in [0.1, 0.15) is 5.82 Å². The number of benzene rings is 2. The molecule has 0 aliphatic carbocycles. The van der Waals surface area contributed by atoms with Crippen molar-refractivity contribution >= 4 is 27.3 Å². The van der Waals surface area contributed by atoms with Gasteiger partial charge in [0.05, 0.1) is 17.5 Å². The maximum atomic E-state index is 14.3. The Morgan fingerprint density at radius 2 is 1.92 bits per heavy atom. The van der Waals surface area contributed by atoms with Crippen LogP contribution in [-0.2, 0) is 11.3 Å². The van der Waals surface area contributed by atoms with Gasteiger partial charge in [0.25, 0.3) is 5.91 Å². The number of halogens is 1. The van der Waals surface area contributed by atoms with Gasteiger partial charge in [-0.05, 0) is 24.6 Å². The first-order chi connectivity index (χ1) is 12.0. The molecular formula is C20H20FNO2S. The standard InChI is InChI=1S/C20H20FNO2S/c1-13(14-8-5-4-6-9-14)22(2)20(23)19-15(12-24-3)18-16(21)10-7-11-17(18)25-19/h4-11,13H,12H2,1-3H3/t13-/m0/s1. The van der Waals surface area contributed by atoms with Gasteiger partial charge >= 0.3 is 0 Å². The van der Waals surface area contributed by atoms with Crippen LogP contribution in [0.3, 0.4) is 0 Å². The summed E-state index contributed by atoms with van der Waals surface area (Å²) in [6.07, 6.45) is 0. The number of carbonyl (C=O) groups excluding carboxylic acids is 1. The Balaban J connectivity index is 2.02. The van der Waals surface area contributed by atoms with Gasteiger partial charge < -0.3 is 9.64 Å². The number of nitrogens with zero attached hydrogens (tertiary/aromatic N) is 1. The number of ether oxygens (including phenoxy) is 1. The fourth-order valence-electron chi connectivity index (χ4n) is 2.91. The highest BCUT2D eigenvalue weighted by Crippen LogP contribution is 2.35. The van der Waals surface area contributed by atoms with Crippen molar-refractivity contribution in [1.29, 1.82) is 0 Å². The zero-order chi connectivity index (χ0) is 18.0. The number of hydrogen-bond acceptors (Lipinski definition) is 3. The zero-order valence-electron chi connectivity index (χ0n) is 14.5. The molecule has 0 fully saturated rings. The zero-order valence-corrected chi connectivity index (χ0v) is 15.3. The average molecular weight is 357 g/mol. The van der Waals surface area contributed by atoms with Crippen LogP contribution in [0.25, 0.3) is 10.1 Å². The number of hydrogen-bond donors (Lipinski definition) is 0. The number of carbonyl (C=O) groups is 1. The molecule has 1 atom stereocenters. The topological polar surface area (TPSA) is 29.5 Å². The molecule has 0 unspecified atom stereocenters. The van der Waals surface area contributed by atoms with Gasteiger partial charge in [-0.2, -0.15) is 0 Å². The number of fused-ring (bicyclic) bond motifs is 1. The quantitative estimate of drug-likeness (QED) is 0.642. The van der Waals surface area contributed by atoms with Crippen LogP contribution < -0.4 is 0 Å². The van der Waals surface area contributed by atoms with Crippen molar-refractivity contribution in [2.24, 2.45) is 0 Å². The van der Waals surface area contributed by atoms with Crippen LogP contribution in [0.5, 0.6) is 0 Å². The SMILES string of the molecule is COCc1c(C(=O)N(C)[C@@H](C)c2ccccc2)sc2cccc(F)c12. The van der Waals surface area contributed by atoms with Gasteiger partial charge in [0, 0.05) is 29.8 Å². The molecular weight excluding hydrogens is 337 g/mol. The van der Waals surface area contributed by atoms with Crippen LogP contribution in [0.1, 0.15) is 33.8 Å². The van der Waals surface area contributed by atoms with Gasteiger partial charge in [-0.15, -0.1) is 11.3 Å². The van der Waals surface area contributed by atoms with Crippen molar-refractivity contribution in [3.8, 4) is 0 Å². The van der Waals surface area contributed by atoms with Gasteiger partial charge in [-0.25, -0.2) is 4.39 Å². The first-order valence-corrected chi connectivity index (χ1v) is 8.87. The molecule has 0 saturated heterocycles. The van der Waals surface area contributed by atoms with E-state index in [0.29, 0.717) is 15.8 Å². The van der Waals surface area contributed by atoms with E-state index < -0.39 is 0 Å². The molecule has 5 heteroatoms. The Kier molecular flexibility index (Phi) is 5.16. The lowest BCUT2D eigenvalue weighted by Gasteiger charge is -2.25. The second-order valence-corrected chi connectivity index (χ2v) is 7.01. The Labute approximate surface area is 150 Å². The van der Waals surface area contributed by atoms with E-state index in [0.717, 1.165) is 10.3 Å². The number of amides is 1. The second kappa shape index (κ2) is 7.33. The smallest absolute Gasteiger partial charge is 0.264 e. The maximum Gasteiger partial charge on any atom is 0.264 e. The highest BCUT2D eigenvalue weighted by molar-refractivity contribution is 7.21. The summed E-state index contributed by atoms with van der Waals surface area (Å²) in [7, 11) is 3.33. The Bertz CT molecular complexity index is 891. The summed E-state index contributed by atoms with van der Waals surface area (Å²) < 4.78 is 20.3. The third-order valence-electron chi connectivity index (χ3n) is 4.43. The van der Waals surface area contributed by atoms with Crippen LogP contribution >= 0.6 is 11.3 Å². The van der Waals surface area contributed by atoms with Crippen LogP contribution in [-0.4, -0.2) is 25.0 Å². The van der Waals surface area contributed by atoms with Gasteiger partial charge in [0.2, 0.25) is 0 Å². The molecule has 25 heavy (non-hydrogen) atoms. The molecule has 0 aliphatic heterocycles. The summed E-state index contributed by atoms with van der Waals surface area (Å²) in [5, 5.41) is 0.485. The minimum atomic E-state index is -0.321. The van der Waals surface area contributed by atoms with Crippen molar-refractivity contribution < 1.29 is 13.9 Å². The monoisotopic (exact) mass is 357 g/mol. The van der Waals surface area contributed by atoms with Crippen LogP contribution in [0.15, 0.2) is 48.5 Å². The van der Waals surface area contributed by atoms with Crippen molar-refractivity contribution in [3.05, 3.63) is 70.4 Å². The number of methoxy groups -OCH3 is 1. The molecule has 3 rings (SSSR count). The molecule has 1 amide bonds. The van der Waals surface area contributed by atoms with Crippen LogP contribution in [0.4, 0.5) is 4.39 Å². The van der Waals surface area contributed by atoms with E-state index in [1.807, 2.05) is 43.3 Å². The highest BCUT2D eigenvalue weighted by Gasteiger charge is 2.25. The third kappa shape index (κ3) is 3.30. The Morgan fingerprint density at radius 1 is 1.20 bits per heavy atom. The predicted octanol–water partition coefficient (Wildman–Crippen LogP) is 5.02. The van der Waals surface area contributed by atoms with Crippen molar-refractivity contribution in [2.45, 2.75) is 19.6 Å². The molecule has 3 aromatic rings. The normalized spacial score (nSPS) is 12.3. The lowest BCUT2D eigenvalue weighted by atomic mass is 10.1. The number of thiophene rings is 1. The second-order valence-electron chi connectivity index (χ2n) is 5.96. The molecule has 0 aliphatic rings. The predicted molar refractivity (Wildman–Crippen MR) is 99.4 cm³/mol. The molecule has 3 nitrogen and oxygen atoms in total. The fourth-order valence-corrected chi connectivity index (χ4v) is 4.12. The van der Waals surface area contributed by atoms with Crippen molar-refractivity contribution in [1.82, 2.24) is 4.90 Å². The van der Waals surface area contributed by atoms with Crippen LogP contribution in [0, 0.1) is 5.82 Å². The fraction of sp³-hybridized carbons (Fsp3) is 0.250. The molecule has 0 spiro atoms. The summed E-state index contributed by atoms with van der Waals surface area (Å²) in [5.41, 5.74) is 1.68. The first kappa shape index (κ1) is 17.6. The summed E-state index contributed by atoms with van der Waals surface area (Å²) in [6.45, 7) is 2.19. The lowest BCUT2D eigenvalue weighted by Crippen LogP contribution is -2.29. The van der Waals surface area contributed by atoms with Crippen molar-refractivity contribution in [3.63, 3.8) is 0 Å². The molecule has 1 aromatic heterocycles. The highest BCUT2D eigenvalue weighted by atomic mass is 32.1. The van der Waals surface area contributed by atoms with E-state index in [1.54, 1.807) is 25.1 Å². The molecule has 0 saturated carbocycles. The minimum Gasteiger partial charge on any atom is -0.380 e. The third-order valence-corrected chi connectivity index (χ3v) is 5.61. The van der Waals surface area contributed by atoms with E-state index in [-0.39, 0.29) is 24.4 Å². The molecule has 130 valence electrons. The van der Waals surface area contributed by atoms with E-state index >= 15 is 0 Å². The van der Waals surface area contributed by atoms with Gasteiger partial charge in [0.15, 0.2) is 0 Å². The van der Waals surface area contributed by atoms with E-state index in [4.69, 9.17) is 4.74 Å². The Hall–Kier alpha value is -2.24. The molecule has 0 bridgehead atoms. The van der Waals surface area contributed by atoms with E-state index in [1.165, 1.54) is 17.4 Å². The molecule has 1 heterocycles. The van der Waals surface area contributed by atoms with Crippen molar-refractivity contribution in [2.75, 3.05) is 14.2 Å². The summed E-state index contributed by atoms with van der Waals surface area (Å²) in [4.78, 5) is 15.3.